The van der Waals surface area contributed by atoms with Crippen molar-refractivity contribution in [3.05, 3.63) is 0 Å². The number of fused-ring (bicyclic) bond motifs is 2. The predicted octanol–water partition coefficient (Wildman–Crippen LogP) is 1.36. The number of hydrogen-bond acceptors (Lipinski definition) is 3. The van der Waals surface area contributed by atoms with E-state index in [1.165, 1.54) is 32.4 Å². The third kappa shape index (κ3) is 2.86. The van der Waals surface area contributed by atoms with E-state index in [0.29, 0.717) is 12.1 Å². The first-order valence-electron chi connectivity index (χ1n) is 8.43. The Kier molecular flexibility index (Phi) is 4.32. The third-order valence-corrected chi connectivity index (χ3v) is 5.51. The number of nitrogens with zero attached hydrogens (tertiary/aromatic N) is 1. The summed E-state index contributed by atoms with van der Waals surface area (Å²) < 4.78 is 0. The van der Waals surface area contributed by atoms with Gasteiger partial charge in [0.15, 0.2) is 0 Å². The lowest BCUT2D eigenvalue weighted by Crippen LogP contribution is -2.62. The van der Waals surface area contributed by atoms with Crippen LogP contribution in [0.4, 0.5) is 0 Å². The molecule has 0 aromatic heterocycles. The van der Waals surface area contributed by atoms with E-state index in [0.717, 1.165) is 31.2 Å². The highest BCUT2D eigenvalue weighted by atomic mass is 16.2. The molecule has 2 saturated heterocycles. The molecule has 2 heterocycles. The molecule has 3 unspecified atom stereocenters. The minimum absolute atomic E-state index is 0.0578. The molecule has 4 heteroatoms. The molecular formula is C16H29N3O. The van der Waals surface area contributed by atoms with E-state index < -0.39 is 0 Å². The monoisotopic (exact) mass is 279 g/mol. The van der Waals surface area contributed by atoms with Gasteiger partial charge in [-0.25, -0.2) is 0 Å². The fraction of sp³-hybridized carbons (Fsp3) is 0.938. The molecule has 2 N–H and O–H groups in total. The van der Waals surface area contributed by atoms with Crippen molar-refractivity contribution in [3.8, 4) is 0 Å². The number of carbonyl (C=O) groups is 1. The van der Waals surface area contributed by atoms with Crippen LogP contribution in [0.25, 0.3) is 0 Å². The average molecular weight is 279 g/mol. The Labute approximate surface area is 122 Å². The summed E-state index contributed by atoms with van der Waals surface area (Å²) in [7, 11) is 0. The number of amides is 1. The van der Waals surface area contributed by atoms with Gasteiger partial charge in [-0.1, -0.05) is 6.42 Å². The van der Waals surface area contributed by atoms with Crippen LogP contribution >= 0.6 is 0 Å². The van der Waals surface area contributed by atoms with E-state index >= 15 is 0 Å². The Hall–Kier alpha value is -0.610. The lowest BCUT2D eigenvalue weighted by molar-refractivity contribution is -0.125. The topological polar surface area (TPSA) is 44.4 Å². The van der Waals surface area contributed by atoms with Crippen molar-refractivity contribution in [2.45, 2.75) is 64.1 Å². The highest BCUT2D eigenvalue weighted by Crippen LogP contribution is 2.36. The van der Waals surface area contributed by atoms with Crippen molar-refractivity contribution in [2.75, 3.05) is 19.6 Å². The number of carbonyl (C=O) groups excluding carboxylic acids is 1. The van der Waals surface area contributed by atoms with Gasteiger partial charge in [0.1, 0.15) is 0 Å². The molecule has 114 valence electrons. The third-order valence-electron chi connectivity index (χ3n) is 5.51. The van der Waals surface area contributed by atoms with Crippen LogP contribution < -0.4 is 10.6 Å². The van der Waals surface area contributed by atoms with Gasteiger partial charge in [-0.05, 0) is 51.4 Å². The van der Waals surface area contributed by atoms with Crippen LogP contribution in [0.5, 0.6) is 0 Å². The number of rotatable bonds is 3. The summed E-state index contributed by atoms with van der Waals surface area (Å²) in [5.41, 5.74) is 0. The molecule has 0 spiro atoms. The molecule has 1 aliphatic carbocycles. The lowest BCUT2D eigenvalue weighted by atomic mass is 9.72. The maximum absolute atomic E-state index is 12.0. The van der Waals surface area contributed by atoms with Gasteiger partial charge in [-0.3, -0.25) is 4.79 Å². The van der Waals surface area contributed by atoms with Crippen molar-refractivity contribution < 1.29 is 4.79 Å². The zero-order valence-corrected chi connectivity index (χ0v) is 12.9. The van der Waals surface area contributed by atoms with Crippen molar-refractivity contribution >= 4 is 5.91 Å². The van der Waals surface area contributed by atoms with Gasteiger partial charge in [-0.2, -0.15) is 0 Å². The summed E-state index contributed by atoms with van der Waals surface area (Å²) in [5, 5.41) is 6.73. The second-order valence-electron chi connectivity index (χ2n) is 7.18. The van der Waals surface area contributed by atoms with Crippen LogP contribution in [0, 0.1) is 11.8 Å². The van der Waals surface area contributed by atoms with Crippen LogP contribution in [-0.2, 0) is 4.79 Å². The minimum atomic E-state index is 0.0578. The van der Waals surface area contributed by atoms with Gasteiger partial charge >= 0.3 is 0 Å². The fourth-order valence-corrected chi connectivity index (χ4v) is 4.33. The molecule has 3 fully saturated rings. The Morgan fingerprint density at radius 2 is 1.85 bits per heavy atom. The van der Waals surface area contributed by atoms with Gasteiger partial charge in [-0.15, -0.1) is 0 Å². The first kappa shape index (κ1) is 14.3. The summed E-state index contributed by atoms with van der Waals surface area (Å²) in [4.78, 5) is 14.6. The molecule has 2 bridgehead atoms. The maximum Gasteiger partial charge on any atom is 0.237 e. The first-order chi connectivity index (χ1) is 9.65. The number of likely N-dealkylation sites (tertiary alicyclic amines) is 1. The molecule has 1 saturated carbocycles. The lowest BCUT2D eigenvalue weighted by Gasteiger charge is -2.50. The molecule has 3 rings (SSSR count). The van der Waals surface area contributed by atoms with Crippen LogP contribution in [0.3, 0.4) is 0 Å². The average Bonchev–Trinajstić information content (AvgIpc) is 2.40. The molecule has 4 nitrogen and oxygen atoms in total. The Morgan fingerprint density at radius 1 is 1.15 bits per heavy atom. The van der Waals surface area contributed by atoms with Crippen molar-refractivity contribution in [1.82, 2.24) is 15.5 Å². The zero-order valence-electron chi connectivity index (χ0n) is 12.9. The Balaban J connectivity index is 1.65. The van der Waals surface area contributed by atoms with Gasteiger partial charge in [0.2, 0.25) is 5.91 Å². The normalized spacial score (nSPS) is 38.9. The minimum Gasteiger partial charge on any atom is -0.355 e. The van der Waals surface area contributed by atoms with E-state index in [4.69, 9.17) is 0 Å². The smallest absolute Gasteiger partial charge is 0.237 e. The van der Waals surface area contributed by atoms with Crippen LogP contribution in [0.15, 0.2) is 0 Å². The van der Waals surface area contributed by atoms with Crippen LogP contribution in [0.2, 0.25) is 0 Å². The highest BCUT2D eigenvalue weighted by molar-refractivity contribution is 5.82. The van der Waals surface area contributed by atoms with E-state index in [1.54, 1.807) is 0 Å². The second-order valence-corrected chi connectivity index (χ2v) is 7.18. The first-order valence-corrected chi connectivity index (χ1v) is 8.43. The van der Waals surface area contributed by atoms with Crippen LogP contribution in [-0.4, -0.2) is 48.6 Å². The van der Waals surface area contributed by atoms with E-state index in [2.05, 4.69) is 29.4 Å². The maximum atomic E-state index is 12.0. The quantitative estimate of drug-likeness (QED) is 0.820. The molecule has 3 aliphatic rings. The molecule has 2 aliphatic heterocycles. The fourth-order valence-electron chi connectivity index (χ4n) is 4.33. The predicted molar refractivity (Wildman–Crippen MR) is 80.5 cm³/mol. The van der Waals surface area contributed by atoms with Gasteiger partial charge < -0.3 is 15.5 Å². The summed E-state index contributed by atoms with van der Waals surface area (Å²) in [5.74, 6) is 1.69. The largest absolute Gasteiger partial charge is 0.355 e. The molecule has 1 amide bonds. The van der Waals surface area contributed by atoms with Gasteiger partial charge in [0.25, 0.3) is 0 Å². The zero-order chi connectivity index (χ0) is 14.1. The number of nitrogens with one attached hydrogen (secondary N) is 2. The van der Waals surface area contributed by atoms with Crippen molar-refractivity contribution in [1.29, 1.82) is 0 Å². The molecule has 3 atom stereocenters. The summed E-state index contributed by atoms with van der Waals surface area (Å²) >= 11 is 0. The standard InChI is InChI=1S/C16H29N3O/c1-11(2)19-9-12-5-3-6-13(10-19)15(12)18-14-7-4-8-17-16(14)20/h11-15,18H,3-10H2,1-2H3,(H,17,20). The SMILES string of the molecule is CC(C)N1CC2CCCC(C1)C2NC1CCCNC1=O. The van der Waals surface area contributed by atoms with Crippen molar-refractivity contribution in [2.24, 2.45) is 11.8 Å². The Bertz CT molecular complexity index is 344. The Morgan fingerprint density at radius 3 is 2.45 bits per heavy atom. The molecular weight excluding hydrogens is 250 g/mol. The van der Waals surface area contributed by atoms with Gasteiger partial charge in [0.05, 0.1) is 6.04 Å². The second kappa shape index (κ2) is 6.02. The molecule has 0 radical (unpaired) electrons. The highest BCUT2D eigenvalue weighted by Gasteiger charge is 2.41. The number of hydrogen-bond donors (Lipinski definition) is 2. The van der Waals surface area contributed by atoms with E-state index in [-0.39, 0.29) is 11.9 Å². The van der Waals surface area contributed by atoms with Gasteiger partial charge in [0, 0.05) is 31.7 Å². The summed E-state index contributed by atoms with van der Waals surface area (Å²) in [6.45, 7) is 7.88. The van der Waals surface area contributed by atoms with E-state index in [9.17, 15) is 4.79 Å². The molecule has 0 aromatic rings. The summed E-state index contributed by atoms with van der Waals surface area (Å²) in [6, 6.07) is 1.27. The molecule has 20 heavy (non-hydrogen) atoms. The molecule has 0 aromatic carbocycles. The summed E-state index contributed by atoms with van der Waals surface area (Å²) in [6.07, 6.45) is 6.15. The van der Waals surface area contributed by atoms with E-state index in [1.807, 2.05) is 0 Å². The van der Waals surface area contributed by atoms with Crippen molar-refractivity contribution in [3.63, 3.8) is 0 Å². The number of piperidine rings is 2. The van der Waals surface area contributed by atoms with Crippen LogP contribution in [0.1, 0.15) is 46.0 Å².